The van der Waals surface area contributed by atoms with Gasteiger partial charge in [0.15, 0.2) is 0 Å². The molecule has 0 heterocycles. The fourth-order valence-electron chi connectivity index (χ4n) is 2.20. The number of amides is 1. The maximum atomic E-state index is 11.4. The summed E-state index contributed by atoms with van der Waals surface area (Å²) in [6, 6.07) is 0. The molecule has 17 heavy (non-hydrogen) atoms. The first kappa shape index (κ1) is 14.0. The Morgan fingerprint density at radius 3 is 2.41 bits per heavy atom. The molecule has 1 aliphatic carbocycles. The molecule has 5 heteroatoms. The Morgan fingerprint density at radius 1 is 1.24 bits per heavy atom. The van der Waals surface area contributed by atoms with E-state index in [0.717, 1.165) is 25.7 Å². The van der Waals surface area contributed by atoms with Crippen molar-refractivity contribution in [1.82, 2.24) is 10.6 Å². The van der Waals surface area contributed by atoms with Gasteiger partial charge in [-0.05, 0) is 19.3 Å². The third-order valence-corrected chi connectivity index (χ3v) is 3.28. The van der Waals surface area contributed by atoms with Crippen LogP contribution in [0, 0.1) is 0 Å². The Hall–Kier alpha value is -1.10. The lowest BCUT2D eigenvalue weighted by atomic mass is 9.81. The zero-order valence-corrected chi connectivity index (χ0v) is 10.4. The smallest absolute Gasteiger partial charge is 0.323 e. The monoisotopic (exact) mass is 242 g/mol. The van der Waals surface area contributed by atoms with Crippen molar-refractivity contribution in [2.75, 3.05) is 13.1 Å². The molecule has 3 N–H and O–H groups in total. The number of carbonyl (C=O) groups is 2. The van der Waals surface area contributed by atoms with Crippen LogP contribution in [-0.2, 0) is 9.59 Å². The highest BCUT2D eigenvalue weighted by molar-refractivity contribution is 5.82. The van der Waals surface area contributed by atoms with Crippen molar-refractivity contribution < 1.29 is 14.7 Å². The minimum Gasteiger partial charge on any atom is -0.480 e. The summed E-state index contributed by atoms with van der Waals surface area (Å²) in [5.41, 5.74) is -0.887. The van der Waals surface area contributed by atoms with E-state index >= 15 is 0 Å². The first-order valence-corrected chi connectivity index (χ1v) is 6.36. The van der Waals surface area contributed by atoms with Crippen molar-refractivity contribution in [2.24, 2.45) is 0 Å². The van der Waals surface area contributed by atoms with E-state index in [-0.39, 0.29) is 12.5 Å². The molecule has 98 valence electrons. The van der Waals surface area contributed by atoms with Crippen LogP contribution in [0.4, 0.5) is 0 Å². The quantitative estimate of drug-likeness (QED) is 0.646. The van der Waals surface area contributed by atoms with Crippen LogP contribution in [0.1, 0.15) is 45.4 Å². The molecular weight excluding hydrogens is 220 g/mol. The standard InChI is InChI=1S/C12H22N2O3/c1-2-8-13-10(15)9-14-12(11(16)17)6-4-3-5-7-12/h14H,2-9H2,1H3,(H,13,15)(H,16,17). The topological polar surface area (TPSA) is 78.4 Å². The van der Waals surface area contributed by atoms with Crippen molar-refractivity contribution >= 4 is 11.9 Å². The number of rotatable bonds is 6. The van der Waals surface area contributed by atoms with E-state index in [2.05, 4.69) is 10.6 Å². The summed E-state index contributed by atoms with van der Waals surface area (Å²) in [5, 5.41) is 14.9. The van der Waals surface area contributed by atoms with E-state index < -0.39 is 11.5 Å². The maximum absolute atomic E-state index is 11.4. The van der Waals surface area contributed by atoms with Gasteiger partial charge in [0, 0.05) is 6.54 Å². The van der Waals surface area contributed by atoms with Gasteiger partial charge in [-0.3, -0.25) is 14.9 Å². The van der Waals surface area contributed by atoms with Crippen molar-refractivity contribution in [3.63, 3.8) is 0 Å². The van der Waals surface area contributed by atoms with E-state index in [1.807, 2.05) is 6.92 Å². The highest BCUT2D eigenvalue weighted by Gasteiger charge is 2.39. The largest absolute Gasteiger partial charge is 0.480 e. The van der Waals surface area contributed by atoms with Gasteiger partial charge in [-0.25, -0.2) is 0 Å². The van der Waals surface area contributed by atoms with Crippen LogP contribution in [0.25, 0.3) is 0 Å². The molecule has 0 spiro atoms. The fraction of sp³-hybridized carbons (Fsp3) is 0.833. The Labute approximate surface area is 102 Å². The summed E-state index contributed by atoms with van der Waals surface area (Å²) < 4.78 is 0. The molecule has 1 rings (SSSR count). The molecule has 0 radical (unpaired) electrons. The average molecular weight is 242 g/mol. The number of carboxylic acid groups (broad SMARTS) is 1. The second kappa shape index (κ2) is 6.59. The number of hydrogen-bond donors (Lipinski definition) is 3. The molecule has 5 nitrogen and oxygen atoms in total. The minimum absolute atomic E-state index is 0.0896. The molecule has 0 aromatic rings. The second-order valence-electron chi connectivity index (χ2n) is 4.65. The number of nitrogens with one attached hydrogen (secondary N) is 2. The predicted molar refractivity (Wildman–Crippen MR) is 64.8 cm³/mol. The van der Waals surface area contributed by atoms with E-state index in [4.69, 9.17) is 0 Å². The lowest BCUT2D eigenvalue weighted by molar-refractivity contribution is -0.146. The van der Waals surface area contributed by atoms with Gasteiger partial charge < -0.3 is 10.4 Å². The molecule has 0 aliphatic heterocycles. The highest BCUT2D eigenvalue weighted by atomic mass is 16.4. The van der Waals surface area contributed by atoms with E-state index in [0.29, 0.717) is 19.4 Å². The van der Waals surface area contributed by atoms with Crippen LogP contribution in [0.5, 0.6) is 0 Å². The first-order valence-electron chi connectivity index (χ1n) is 6.36. The molecule has 1 fully saturated rings. The number of carbonyl (C=O) groups excluding carboxylic acids is 1. The van der Waals surface area contributed by atoms with Gasteiger partial charge in [0.25, 0.3) is 0 Å². The molecule has 0 atom stereocenters. The van der Waals surface area contributed by atoms with Crippen LogP contribution in [0.2, 0.25) is 0 Å². The van der Waals surface area contributed by atoms with Gasteiger partial charge >= 0.3 is 5.97 Å². The Kier molecular flexibility index (Phi) is 5.41. The molecule has 1 saturated carbocycles. The van der Waals surface area contributed by atoms with Crippen LogP contribution in [0.3, 0.4) is 0 Å². The highest BCUT2D eigenvalue weighted by Crippen LogP contribution is 2.28. The van der Waals surface area contributed by atoms with Crippen molar-refractivity contribution in [2.45, 2.75) is 51.0 Å². The molecule has 0 bridgehead atoms. The van der Waals surface area contributed by atoms with Crippen molar-refractivity contribution in [1.29, 1.82) is 0 Å². The molecule has 0 unspecified atom stereocenters. The summed E-state index contributed by atoms with van der Waals surface area (Å²) in [4.78, 5) is 22.8. The summed E-state index contributed by atoms with van der Waals surface area (Å²) >= 11 is 0. The third-order valence-electron chi connectivity index (χ3n) is 3.28. The summed E-state index contributed by atoms with van der Waals surface area (Å²) in [6.45, 7) is 2.71. The minimum atomic E-state index is -0.887. The molecule has 0 aromatic heterocycles. The molecule has 0 aromatic carbocycles. The lowest BCUT2D eigenvalue weighted by Gasteiger charge is -2.33. The van der Waals surface area contributed by atoms with Crippen LogP contribution >= 0.6 is 0 Å². The van der Waals surface area contributed by atoms with Gasteiger partial charge in [0.2, 0.25) is 5.91 Å². The van der Waals surface area contributed by atoms with Crippen LogP contribution in [0.15, 0.2) is 0 Å². The number of aliphatic carboxylic acids is 1. The normalized spacial score (nSPS) is 18.6. The van der Waals surface area contributed by atoms with Gasteiger partial charge in [0.05, 0.1) is 6.54 Å². The summed E-state index contributed by atoms with van der Waals surface area (Å²) in [6.07, 6.45) is 5.02. The van der Waals surface area contributed by atoms with Gasteiger partial charge in [-0.2, -0.15) is 0 Å². The Bertz CT molecular complexity index is 273. The zero-order chi connectivity index (χ0) is 12.7. The maximum Gasteiger partial charge on any atom is 0.323 e. The fourth-order valence-corrected chi connectivity index (χ4v) is 2.20. The first-order chi connectivity index (χ1) is 8.10. The molecular formula is C12H22N2O3. The summed E-state index contributed by atoms with van der Waals surface area (Å²) in [5.74, 6) is -0.960. The molecule has 0 saturated heterocycles. The van der Waals surface area contributed by atoms with Crippen molar-refractivity contribution in [3.8, 4) is 0 Å². The van der Waals surface area contributed by atoms with Gasteiger partial charge in [-0.1, -0.05) is 26.2 Å². The molecule has 1 aliphatic rings. The lowest BCUT2D eigenvalue weighted by Crippen LogP contribution is -2.55. The van der Waals surface area contributed by atoms with Gasteiger partial charge in [0.1, 0.15) is 5.54 Å². The molecule has 1 amide bonds. The van der Waals surface area contributed by atoms with E-state index in [1.165, 1.54) is 0 Å². The predicted octanol–water partition coefficient (Wildman–Crippen LogP) is 0.890. The van der Waals surface area contributed by atoms with Crippen LogP contribution in [-0.4, -0.2) is 35.6 Å². The average Bonchev–Trinajstić information content (AvgIpc) is 2.34. The van der Waals surface area contributed by atoms with E-state index in [9.17, 15) is 14.7 Å². The van der Waals surface area contributed by atoms with Crippen molar-refractivity contribution in [3.05, 3.63) is 0 Å². The second-order valence-corrected chi connectivity index (χ2v) is 4.65. The number of hydrogen-bond acceptors (Lipinski definition) is 3. The van der Waals surface area contributed by atoms with Crippen LogP contribution < -0.4 is 10.6 Å². The zero-order valence-electron chi connectivity index (χ0n) is 10.4. The SMILES string of the molecule is CCCNC(=O)CNC1(C(=O)O)CCCCC1. The summed E-state index contributed by atoms with van der Waals surface area (Å²) in [7, 11) is 0. The Balaban J connectivity index is 2.44. The number of carboxylic acids is 1. The van der Waals surface area contributed by atoms with E-state index in [1.54, 1.807) is 0 Å². The Morgan fingerprint density at radius 2 is 1.88 bits per heavy atom. The third kappa shape index (κ3) is 4.00. The van der Waals surface area contributed by atoms with Gasteiger partial charge in [-0.15, -0.1) is 0 Å².